The quantitative estimate of drug-likeness (QED) is 0.925. The van der Waals surface area contributed by atoms with E-state index in [-0.39, 0.29) is 5.69 Å². The number of benzene rings is 1. The molecule has 1 aromatic carbocycles. The van der Waals surface area contributed by atoms with Crippen molar-refractivity contribution < 1.29 is 8.78 Å². The van der Waals surface area contributed by atoms with Crippen LogP contribution in [0.25, 0.3) is 0 Å². The molecule has 1 heterocycles. The van der Waals surface area contributed by atoms with Crippen molar-refractivity contribution in [3.8, 4) is 0 Å². The second-order valence-corrected chi connectivity index (χ2v) is 4.83. The summed E-state index contributed by atoms with van der Waals surface area (Å²) in [7, 11) is 0. The van der Waals surface area contributed by atoms with Gasteiger partial charge in [0.15, 0.2) is 5.82 Å². The maximum absolute atomic E-state index is 13.7. The average molecular weight is 313 g/mol. The first kappa shape index (κ1) is 13.0. The van der Waals surface area contributed by atoms with E-state index in [0.29, 0.717) is 12.1 Å². The number of hydrogen-bond donors (Lipinski definition) is 1. The van der Waals surface area contributed by atoms with Gasteiger partial charge in [-0.25, -0.2) is 8.78 Å². The largest absolute Gasteiger partial charge is 0.376 e. The number of hydrogen-bond acceptors (Lipinski definition) is 2. The van der Waals surface area contributed by atoms with Crippen molar-refractivity contribution in [3.05, 3.63) is 57.8 Å². The van der Waals surface area contributed by atoms with Gasteiger partial charge in [-0.2, -0.15) is 0 Å². The van der Waals surface area contributed by atoms with Gasteiger partial charge in [-0.15, -0.1) is 0 Å². The zero-order chi connectivity index (χ0) is 13.1. The molecule has 18 heavy (non-hydrogen) atoms. The summed E-state index contributed by atoms with van der Waals surface area (Å²) in [6, 6.07) is 4.50. The summed E-state index contributed by atoms with van der Waals surface area (Å²) in [5.74, 6) is -1.15. The van der Waals surface area contributed by atoms with Gasteiger partial charge in [-0.3, -0.25) is 4.98 Å². The third-order valence-corrected chi connectivity index (χ3v) is 2.95. The highest BCUT2D eigenvalue weighted by atomic mass is 79.9. The summed E-state index contributed by atoms with van der Waals surface area (Å²) in [5.41, 5.74) is 1.14. The van der Waals surface area contributed by atoms with Gasteiger partial charge in [0.1, 0.15) is 11.5 Å². The Labute approximate surface area is 112 Å². The average Bonchev–Trinajstić information content (AvgIpc) is 2.34. The minimum absolute atomic E-state index is 0.102. The van der Waals surface area contributed by atoms with E-state index >= 15 is 0 Å². The molecule has 94 valence electrons. The first-order chi connectivity index (χ1) is 8.58. The number of pyridine rings is 1. The standard InChI is InChI=1S/C13H11BrF2N2/c1-8-2-3-11(15)13(12(8)16)18-6-9-4-10(14)7-17-5-9/h2-5,7,18H,6H2,1H3. The lowest BCUT2D eigenvalue weighted by Crippen LogP contribution is -2.05. The van der Waals surface area contributed by atoms with Gasteiger partial charge in [0.2, 0.25) is 0 Å². The molecular weight excluding hydrogens is 302 g/mol. The number of anilines is 1. The molecule has 0 spiro atoms. The van der Waals surface area contributed by atoms with Crippen molar-refractivity contribution in [3.63, 3.8) is 0 Å². The fourth-order valence-corrected chi connectivity index (χ4v) is 1.97. The third-order valence-electron chi connectivity index (χ3n) is 2.51. The van der Waals surface area contributed by atoms with Crippen molar-refractivity contribution in [2.75, 3.05) is 5.32 Å². The lowest BCUT2D eigenvalue weighted by Gasteiger charge is -2.10. The van der Waals surface area contributed by atoms with Crippen molar-refractivity contribution in [1.29, 1.82) is 0 Å². The van der Waals surface area contributed by atoms with E-state index in [0.717, 1.165) is 10.0 Å². The van der Waals surface area contributed by atoms with Gasteiger partial charge in [-0.1, -0.05) is 6.07 Å². The van der Waals surface area contributed by atoms with Gasteiger partial charge in [0.25, 0.3) is 0 Å². The number of nitrogens with one attached hydrogen (secondary N) is 1. The number of aromatic nitrogens is 1. The van der Waals surface area contributed by atoms with Crippen molar-refractivity contribution in [2.24, 2.45) is 0 Å². The second kappa shape index (κ2) is 5.44. The molecule has 0 saturated carbocycles. The molecule has 0 atom stereocenters. The molecule has 1 N–H and O–H groups in total. The van der Waals surface area contributed by atoms with E-state index in [2.05, 4.69) is 26.2 Å². The van der Waals surface area contributed by atoms with E-state index in [1.54, 1.807) is 19.3 Å². The predicted octanol–water partition coefficient (Wildman–Crippen LogP) is 4.04. The molecule has 2 nitrogen and oxygen atoms in total. The SMILES string of the molecule is Cc1ccc(F)c(NCc2cncc(Br)c2)c1F. The van der Waals surface area contributed by atoms with E-state index in [9.17, 15) is 8.78 Å². The normalized spacial score (nSPS) is 10.4. The molecule has 0 fully saturated rings. The molecule has 2 aromatic rings. The predicted molar refractivity (Wildman–Crippen MR) is 70.4 cm³/mol. The van der Waals surface area contributed by atoms with Crippen LogP contribution in [-0.4, -0.2) is 4.98 Å². The van der Waals surface area contributed by atoms with E-state index < -0.39 is 11.6 Å². The van der Waals surface area contributed by atoms with Crippen LogP contribution in [0, 0.1) is 18.6 Å². The molecule has 0 aliphatic heterocycles. The summed E-state index contributed by atoms with van der Waals surface area (Å²) in [4.78, 5) is 3.98. The Morgan fingerprint density at radius 3 is 2.78 bits per heavy atom. The van der Waals surface area contributed by atoms with Crippen LogP contribution in [0.3, 0.4) is 0 Å². The van der Waals surface area contributed by atoms with Crippen molar-refractivity contribution in [2.45, 2.75) is 13.5 Å². The minimum atomic E-state index is -0.596. The van der Waals surface area contributed by atoms with Crippen LogP contribution in [-0.2, 0) is 6.54 Å². The number of aryl methyl sites for hydroxylation is 1. The molecule has 0 aliphatic carbocycles. The van der Waals surface area contributed by atoms with Crippen molar-refractivity contribution >= 4 is 21.6 Å². The summed E-state index contributed by atoms with van der Waals surface area (Å²) < 4.78 is 28.0. The fourth-order valence-electron chi connectivity index (χ4n) is 1.56. The molecule has 0 unspecified atom stereocenters. The Hall–Kier alpha value is -1.49. The molecule has 1 aromatic heterocycles. The van der Waals surface area contributed by atoms with E-state index in [4.69, 9.17) is 0 Å². The van der Waals surface area contributed by atoms with Crippen LogP contribution < -0.4 is 5.32 Å². The summed E-state index contributed by atoms with van der Waals surface area (Å²) in [6.45, 7) is 1.91. The number of nitrogens with zero attached hydrogens (tertiary/aromatic N) is 1. The Balaban J connectivity index is 2.18. The highest BCUT2D eigenvalue weighted by Gasteiger charge is 2.10. The molecule has 0 aliphatic rings. The maximum Gasteiger partial charge on any atom is 0.152 e. The smallest absolute Gasteiger partial charge is 0.152 e. The van der Waals surface area contributed by atoms with Crippen LogP contribution >= 0.6 is 15.9 Å². The molecule has 5 heteroatoms. The van der Waals surface area contributed by atoms with Gasteiger partial charge in [-0.05, 0) is 46.1 Å². The molecular formula is C13H11BrF2N2. The third kappa shape index (κ3) is 2.85. The van der Waals surface area contributed by atoms with Crippen LogP contribution in [0.1, 0.15) is 11.1 Å². The van der Waals surface area contributed by atoms with Crippen LogP contribution in [0.5, 0.6) is 0 Å². The lowest BCUT2D eigenvalue weighted by atomic mass is 10.2. The van der Waals surface area contributed by atoms with Gasteiger partial charge in [0.05, 0.1) is 0 Å². The first-order valence-corrected chi connectivity index (χ1v) is 6.15. The summed E-state index contributed by atoms with van der Waals surface area (Å²) in [5, 5.41) is 2.75. The van der Waals surface area contributed by atoms with Crippen LogP contribution in [0.2, 0.25) is 0 Å². The first-order valence-electron chi connectivity index (χ1n) is 5.36. The molecule has 0 radical (unpaired) electrons. The highest BCUT2D eigenvalue weighted by molar-refractivity contribution is 9.10. The summed E-state index contributed by atoms with van der Waals surface area (Å²) in [6.07, 6.45) is 3.29. The Morgan fingerprint density at radius 2 is 2.06 bits per heavy atom. The second-order valence-electron chi connectivity index (χ2n) is 3.92. The zero-order valence-corrected chi connectivity index (χ0v) is 11.3. The molecule has 0 bridgehead atoms. The number of rotatable bonds is 3. The minimum Gasteiger partial charge on any atom is -0.376 e. The van der Waals surface area contributed by atoms with Crippen LogP contribution in [0.15, 0.2) is 35.1 Å². The molecule has 0 saturated heterocycles. The van der Waals surface area contributed by atoms with Crippen LogP contribution in [0.4, 0.5) is 14.5 Å². The summed E-state index contributed by atoms with van der Waals surface area (Å²) >= 11 is 3.29. The zero-order valence-electron chi connectivity index (χ0n) is 9.67. The van der Waals surface area contributed by atoms with Gasteiger partial charge in [0, 0.05) is 23.4 Å². The number of halogens is 3. The van der Waals surface area contributed by atoms with E-state index in [1.807, 2.05) is 6.07 Å². The lowest BCUT2D eigenvalue weighted by molar-refractivity contribution is 0.582. The van der Waals surface area contributed by atoms with Crippen molar-refractivity contribution in [1.82, 2.24) is 4.98 Å². The van der Waals surface area contributed by atoms with Gasteiger partial charge < -0.3 is 5.32 Å². The van der Waals surface area contributed by atoms with Gasteiger partial charge >= 0.3 is 0 Å². The maximum atomic E-state index is 13.7. The fraction of sp³-hybridized carbons (Fsp3) is 0.154. The van der Waals surface area contributed by atoms with E-state index in [1.165, 1.54) is 12.1 Å². The Kier molecular flexibility index (Phi) is 3.91. The topological polar surface area (TPSA) is 24.9 Å². The molecule has 0 amide bonds. The molecule has 2 rings (SSSR count). The Bertz CT molecular complexity index is 573. The Morgan fingerprint density at radius 1 is 1.28 bits per heavy atom. The monoisotopic (exact) mass is 312 g/mol. The highest BCUT2D eigenvalue weighted by Crippen LogP contribution is 2.22.